The van der Waals surface area contributed by atoms with E-state index in [0.717, 1.165) is 0 Å². The summed E-state index contributed by atoms with van der Waals surface area (Å²) < 4.78 is 23.0. The van der Waals surface area contributed by atoms with Crippen molar-refractivity contribution in [3.8, 4) is 5.75 Å². The molecular weight excluding hydrogens is 471 g/mol. The number of benzene rings is 1. The van der Waals surface area contributed by atoms with Gasteiger partial charge in [0.2, 0.25) is 0 Å². The molecule has 8 nitrogen and oxygen atoms in total. The number of guanidine groups is 1. The van der Waals surface area contributed by atoms with E-state index in [-0.39, 0.29) is 58.7 Å². The Morgan fingerprint density at radius 3 is 2.65 bits per heavy atom. The molecule has 1 unspecified atom stereocenters. The predicted molar refractivity (Wildman–Crippen MR) is 112 cm³/mol. The number of rotatable bonds is 6. The normalized spacial score (nSPS) is 18.7. The van der Waals surface area contributed by atoms with Crippen LogP contribution in [0.1, 0.15) is 23.7 Å². The molecule has 1 aliphatic rings. The van der Waals surface area contributed by atoms with Gasteiger partial charge in [0.1, 0.15) is 5.75 Å². The van der Waals surface area contributed by atoms with Crippen LogP contribution in [0.3, 0.4) is 0 Å². The quantitative estimate of drug-likeness (QED) is 0.197. The highest BCUT2D eigenvalue weighted by Gasteiger charge is 2.28. The van der Waals surface area contributed by atoms with E-state index >= 15 is 0 Å². The van der Waals surface area contributed by atoms with E-state index in [2.05, 4.69) is 20.9 Å². The lowest BCUT2D eigenvalue weighted by Gasteiger charge is -2.15. The third-order valence-electron chi connectivity index (χ3n) is 3.73. The second-order valence-corrected chi connectivity index (χ2v) is 8.01. The van der Waals surface area contributed by atoms with Crippen molar-refractivity contribution in [2.75, 3.05) is 31.1 Å². The lowest BCUT2D eigenvalue weighted by molar-refractivity contribution is 0.0952. The monoisotopic (exact) mass is 496 g/mol. The molecule has 1 fully saturated rings. The predicted octanol–water partition coefficient (Wildman–Crippen LogP) is 0.482. The molecule has 1 heterocycles. The van der Waals surface area contributed by atoms with Gasteiger partial charge in [-0.25, -0.2) is 8.42 Å². The van der Waals surface area contributed by atoms with E-state index in [1.165, 1.54) is 6.07 Å². The van der Waals surface area contributed by atoms with E-state index < -0.39 is 9.84 Å². The van der Waals surface area contributed by atoms with Crippen LogP contribution in [0.15, 0.2) is 29.3 Å². The molecule has 0 saturated carbocycles. The van der Waals surface area contributed by atoms with Crippen molar-refractivity contribution in [1.29, 1.82) is 0 Å². The Kier molecular flexibility index (Phi) is 9.13. The zero-order chi connectivity index (χ0) is 18.3. The van der Waals surface area contributed by atoms with Gasteiger partial charge in [0.25, 0.3) is 5.91 Å². The van der Waals surface area contributed by atoms with Gasteiger partial charge in [-0.3, -0.25) is 9.79 Å². The summed E-state index contributed by atoms with van der Waals surface area (Å²) in [5, 5.41) is 18.5. The van der Waals surface area contributed by atoms with Gasteiger partial charge >= 0.3 is 0 Å². The smallest absolute Gasteiger partial charge is 0.255 e. The van der Waals surface area contributed by atoms with E-state index in [0.29, 0.717) is 32.0 Å². The molecule has 26 heavy (non-hydrogen) atoms. The molecule has 0 aliphatic carbocycles. The molecule has 1 aromatic carbocycles. The van der Waals surface area contributed by atoms with Gasteiger partial charge in [-0.15, -0.1) is 24.0 Å². The molecule has 0 radical (unpaired) electrons. The first-order chi connectivity index (χ1) is 11.9. The highest BCUT2D eigenvalue weighted by molar-refractivity contribution is 14.0. The number of sulfone groups is 1. The fourth-order valence-electron chi connectivity index (χ4n) is 2.52. The third kappa shape index (κ3) is 6.98. The van der Waals surface area contributed by atoms with Crippen molar-refractivity contribution in [2.24, 2.45) is 4.99 Å². The number of phenols is 1. The van der Waals surface area contributed by atoms with E-state index in [1.807, 2.05) is 6.92 Å². The zero-order valence-electron chi connectivity index (χ0n) is 14.6. The maximum atomic E-state index is 12.0. The molecule has 2 rings (SSSR count). The number of aromatic hydroxyl groups is 1. The highest BCUT2D eigenvalue weighted by Crippen LogP contribution is 2.14. The van der Waals surface area contributed by atoms with E-state index in [9.17, 15) is 18.3 Å². The number of carbonyl (C=O) groups is 1. The number of amides is 1. The Hall–Kier alpha value is -1.56. The molecule has 0 spiro atoms. The van der Waals surface area contributed by atoms with Crippen LogP contribution in [0.2, 0.25) is 0 Å². The maximum absolute atomic E-state index is 12.0. The summed E-state index contributed by atoms with van der Waals surface area (Å²) in [5.74, 6) is 0.401. The van der Waals surface area contributed by atoms with Crippen LogP contribution in [-0.2, 0) is 9.84 Å². The SMILES string of the molecule is CCNC(=NCCNC(=O)c1ccccc1O)NC1CCS(=O)(=O)C1.I. The van der Waals surface area contributed by atoms with Crippen molar-refractivity contribution in [3.05, 3.63) is 29.8 Å². The number of nitrogens with one attached hydrogen (secondary N) is 3. The van der Waals surface area contributed by atoms with Gasteiger partial charge in [0.15, 0.2) is 15.8 Å². The number of hydrogen-bond donors (Lipinski definition) is 4. The molecule has 146 valence electrons. The van der Waals surface area contributed by atoms with Crippen molar-refractivity contribution in [3.63, 3.8) is 0 Å². The maximum Gasteiger partial charge on any atom is 0.255 e. The van der Waals surface area contributed by atoms with Crippen molar-refractivity contribution < 1.29 is 18.3 Å². The second kappa shape index (κ2) is 10.6. The Labute approximate surface area is 170 Å². The molecule has 10 heteroatoms. The van der Waals surface area contributed by atoms with Crippen LogP contribution < -0.4 is 16.0 Å². The lowest BCUT2D eigenvalue weighted by Crippen LogP contribution is -2.44. The molecule has 1 saturated heterocycles. The van der Waals surface area contributed by atoms with Crippen molar-refractivity contribution in [1.82, 2.24) is 16.0 Å². The fraction of sp³-hybridized carbons (Fsp3) is 0.500. The van der Waals surface area contributed by atoms with E-state index in [1.54, 1.807) is 18.2 Å². The lowest BCUT2D eigenvalue weighted by atomic mass is 10.2. The first-order valence-electron chi connectivity index (χ1n) is 8.22. The minimum absolute atomic E-state index is 0. The summed E-state index contributed by atoms with van der Waals surface area (Å²) in [5.41, 5.74) is 0.215. The van der Waals surface area contributed by atoms with Crippen LogP contribution >= 0.6 is 24.0 Å². The fourth-order valence-corrected chi connectivity index (χ4v) is 4.19. The van der Waals surface area contributed by atoms with Gasteiger partial charge in [-0.05, 0) is 25.5 Å². The Morgan fingerprint density at radius 2 is 2.04 bits per heavy atom. The minimum atomic E-state index is -2.95. The average molecular weight is 496 g/mol. The van der Waals surface area contributed by atoms with Gasteiger partial charge in [0.05, 0.1) is 23.6 Å². The first kappa shape index (κ1) is 22.5. The molecule has 1 amide bonds. The third-order valence-corrected chi connectivity index (χ3v) is 5.50. The number of hydrogen-bond acceptors (Lipinski definition) is 5. The average Bonchev–Trinajstić information content (AvgIpc) is 2.90. The number of para-hydroxylation sites is 1. The topological polar surface area (TPSA) is 120 Å². The largest absolute Gasteiger partial charge is 0.507 e. The van der Waals surface area contributed by atoms with Crippen molar-refractivity contribution >= 4 is 45.7 Å². The summed E-state index contributed by atoms with van der Waals surface area (Å²) in [4.78, 5) is 16.3. The summed E-state index contributed by atoms with van der Waals surface area (Å²) in [6.07, 6.45) is 0.566. The number of halogens is 1. The van der Waals surface area contributed by atoms with Gasteiger partial charge < -0.3 is 21.1 Å². The van der Waals surface area contributed by atoms with Crippen LogP contribution in [0.25, 0.3) is 0 Å². The van der Waals surface area contributed by atoms with Crippen LogP contribution in [0.4, 0.5) is 0 Å². The minimum Gasteiger partial charge on any atom is -0.507 e. The van der Waals surface area contributed by atoms with E-state index in [4.69, 9.17) is 0 Å². The molecule has 1 atom stereocenters. The number of nitrogens with zero attached hydrogens (tertiary/aromatic N) is 1. The summed E-state index contributed by atoms with van der Waals surface area (Å²) >= 11 is 0. The Morgan fingerprint density at radius 1 is 1.31 bits per heavy atom. The van der Waals surface area contributed by atoms with Crippen LogP contribution in [-0.4, -0.2) is 62.6 Å². The number of carbonyl (C=O) groups excluding carboxylic acids is 1. The first-order valence-corrected chi connectivity index (χ1v) is 10.0. The Balaban J connectivity index is 0.00000338. The molecule has 0 aromatic heterocycles. The summed E-state index contributed by atoms with van der Waals surface area (Å²) in [7, 11) is -2.95. The Bertz CT molecular complexity index is 740. The molecule has 1 aromatic rings. The van der Waals surface area contributed by atoms with Crippen molar-refractivity contribution in [2.45, 2.75) is 19.4 Å². The molecular formula is C16H25IN4O4S. The molecule has 4 N–H and O–H groups in total. The highest BCUT2D eigenvalue weighted by atomic mass is 127. The summed E-state index contributed by atoms with van der Waals surface area (Å²) in [6, 6.07) is 6.18. The van der Waals surface area contributed by atoms with Gasteiger partial charge in [-0.1, -0.05) is 12.1 Å². The van der Waals surface area contributed by atoms with Gasteiger partial charge in [-0.2, -0.15) is 0 Å². The second-order valence-electron chi connectivity index (χ2n) is 5.78. The number of phenolic OH excluding ortho intramolecular Hbond substituents is 1. The standard InChI is InChI=1S/C16H24N4O4S.HI/c1-2-17-16(20-12-7-10-25(23,24)11-12)19-9-8-18-15(22)13-5-3-4-6-14(13)21;/h3-6,12,21H,2,7-11H2,1H3,(H,18,22)(H2,17,19,20);1H. The van der Waals surface area contributed by atoms with Crippen LogP contribution in [0, 0.1) is 0 Å². The molecule has 1 aliphatic heterocycles. The van der Waals surface area contributed by atoms with Gasteiger partial charge in [0, 0.05) is 19.1 Å². The molecule has 0 bridgehead atoms. The van der Waals surface area contributed by atoms with Crippen LogP contribution in [0.5, 0.6) is 5.75 Å². The zero-order valence-corrected chi connectivity index (χ0v) is 17.7. The number of aliphatic imine (C=N–C) groups is 1. The summed E-state index contributed by atoms with van der Waals surface area (Å²) in [6.45, 7) is 3.19.